The molecule has 7 heteroatoms. The topological polar surface area (TPSA) is 36.5 Å². The predicted molar refractivity (Wildman–Crippen MR) is 75.3 cm³/mol. The zero-order valence-electron chi connectivity index (χ0n) is 12.6. The summed E-state index contributed by atoms with van der Waals surface area (Å²) in [7, 11) is 1.51. The van der Waals surface area contributed by atoms with E-state index in [-0.39, 0.29) is 0 Å². The molecular formula is C14H26F3N3O. The summed E-state index contributed by atoms with van der Waals surface area (Å²) in [5, 5.41) is 6.94. The Morgan fingerprint density at radius 3 is 2.81 bits per heavy atom. The lowest BCUT2D eigenvalue weighted by atomic mass is 9.94. The van der Waals surface area contributed by atoms with E-state index < -0.39 is 12.7 Å². The summed E-state index contributed by atoms with van der Waals surface area (Å²) in [5.41, 5.74) is 0. The van der Waals surface area contributed by atoms with Crippen molar-refractivity contribution in [2.75, 3.05) is 46.4 Å². The van der Waals surface area contributed by atoms with Crippen molar-refractivity contribution in [1.29, 1.82) is 0 Å². The van der Waals surface area contributed by atoms with Crippen molar-refractivity contribution in [3.8, 4) is 0 Å². The summed E-state index contributed by atoms with van der Waals surface area (Å²) in [5.74, 6) is 0.526. The highest BCUT2D eigenvalue weighted by molar-refractivity contribution is 4.92. The van der Waals surface area contributed by atoms with E-state index in [4.69, 9.17) is 4.74 Å². The fourth-order valence-electron chi connectivity index (χ4n) is 3.41. The summed E-state index contributed by atoms with van der Waals surface area (Å²) >= 11 is 0. The van der Waals surface area contributed by atoms with E-state index in [0.717, 1.165) is 32.6 Å². The third kappa shape index (κ3) is 5.73. The second-order valence-corrected chi connectivity index (χ2v) is 6.14. The average molecular weight is 309 g/mol. The fraction of sp³-hybridized carbons (Fsp3) is 1.00. The smallest absolute Gasteiger partial charge is 0.379 e. The molecule has 0 aromatic rings. The second kappa shape index (κ2) is 7.76. The molecule has 1 saturated heterocycles. The Morgan fingerprint density at radius 2 is 2.14 bits per heavy atom. The standard InChI is InChI=1S/C14H26F3N3O/c1-20(10-14(15,16)17)7-5-18-12-4-2-3-11(12)13-9-21-8-6-19-13/h11-13,18-19H,2-10H2,1H3. The van der Waals surface area contributed by atoms with E-state index in [9.17, 15) is 13.2 Å². The van der Waals surface area contributed by atoms with E-state index in [1.54, 1.807) is 0 Å². The van der Waals surface area contributed by atoms with E-state index in [0.29, 0.717) is 31.1 Å². The summed E-state index contributed by atoms with van der Waals surface area (Å²) in [6.07, 6.45) is -0.671. The van der Waals surface area contributed by atoms with Crippen molar-refractivity contribution in [2.24, 2.45) is 5.92 Å². The lowest BCUT2D eigenvalue weighted by molar-refractivity contribution is -0.142. The van der Waals surface area contributed by atoms with Gasteiger partial charge in [-0.1, -0.05) is 6.42 Å². The Bertz CT molecular complexity index is 308. The maximum Gasteiger partial charge on any atom is 0.401 e. The lowest BCUT2D eigenvalue weighted by Crippen LogP contribution is -2.51. The van der Waals surface area contributed by atoms with Gasteiger partial charge in [0.15, 0.2) is 0 Å². The maximum atomic E-state index is 12.3. The lowest BCUT2D eigenvalue weighted by Gasteiger charge is -2.33. The Labute approximate surface area is 124 Å². The summed E-state index contributed by atoms with van der Waals surface area (Å²) < 4.78 is 42.3. The molecule has 2 N–H and O–H groups in total. The van der Waals surface area contributed by atoms with Crippen molar-refractivity contribution < 1.29 is 17.9 Å². The predicted octanol–water partition coefficient (Wildman–Crippen LogP) is 1.23. The highest BCUT2D eigenvalue weighted by atomic mass is 19.4. The molecule has 1 heterocycles. The van der Waals surface area contributed by atoms with Gasteiger partial charge < -0.3 is 15.4 Å². The fourth-order valence-corrected chi connectivity index (χ4v) is 3.41. The van der Waals surface area contributed by atoms with Gasteiger partial charge >= 0.3 is 6.18 Å². The number of nitrogens with zero attached hydrogens (tertiary/aromatic N) is 1. The van der Waals surface area contributed by atoms with Crippen LogP contribution in [-0.4, -0.2) is 69.6 Å². The van der Waals surface area contributed by atoms with Gasteiger partial charge in [-0.25, -0.2) is 0 Å². The summed E-state index contributed by atoms with van der Waals surface area (Å²) in [6.45, 7) is 2.57. The molecule has 0 amide bonds. The average Bonchev–Trinajstić information content (AvgIpc) is 2.86. The largest absolute Gasteiger partial charge is 0.401 e. The van der Waals surface area contributed by atoms with Crippen LogP contribution in [0.25, 0.3) is 0 Å². The molecule has 2 aliphatic rings. The molecule has 0 bridgehead atoms. The van der Waals surface area contributed by atoms with E-state index in [1.165, 1.54) is 18.4 Å². The van der Waals surface area contributed by atoms with Crippen LogP contribution in [0.3, 0.4) is 0 Å². The van der Waals surface area contributed by atoms with E-state index in [2.05, 4.69) is 10.6 Å². The van der Waals surface area contributed by atoms with Crippen molar-refractivity contribution in [3.63, 3.8) is 0 Å². The molecule has 124 valence electrons. The van der Waals surface area contributed by atoms with Gasteiger partial charge in [0, 0.05) is 31.7 Å². The highest BCUT2D eigenvalue weighted by Gasteiger charge is 2.34. The van der Waals surface area contributed by atoms with Gasteiger partial charge in [0.25, 0.3) is 0 Å². The van der Waals surface area contributed by atoms with Crippen LogP contribution >= 0.6 is 0 Å². The van der Waals surface area contributed by atoms with E-state index in [1.807, 2.05) is 0 Å². The number of hydrogen-bond donors (Lipinski definition) is 2. The molecule has 0 aromatic carbocycles. The van der Waals surface area contributed by atoms with Crippen LogP contribution in [0.15, 0.2) is 0 Å². The first kappa shape index (κ1) is 17.0. The molecule has 21 heavy (non-hydrogen) atoms. The normalized spacial score (nSPS) is 31.0. The van der Waals surface area contributed by atoms with Gasteiger partial charge in [-0.3, -0.25) is 4.90 Å². The first-order chi connectivity index (χ1) is 9.96. The first-order valence-corrected chi connectivity index (χ1v) is 7.75. The molecule has 1 aliphatic carbocycles. The van der Waals surface area contributed by atoms with Crippen LogP contribution in [-0.2, 0) is 4.74 Å². The molecule has 0 spiro atoms. The molecule has 1 saturated carbocycles. The van der Waals surface area contributed by atoms with Crippen LogP contribution in [0.1, 0.15) is 19.3 Å². The summed E-state index contributed by atoms with van der Waals surface area (Å²) in [6, 6.07) is 0.773. The van der Waals surface area contributed by atoms with Crippen molar-refractivity contribution in [2.45, 2.75) is 37.5 Å². The Balaban J connectivity index is 1.69. The molecule has 2 fully saturated rings. The number of hydrogen-bond acceptors (Lipinski definition) is 4. The van der Waals surface area contributed by atoms with E-state index >= 15 is 0 Å². The van der Waals surface area contributed by atoms with Crippen LogP contribution in [0, 0.1) is 5.92 Å². The number of ether oxygens (including phenoxy) is 1. The molecular weight excluding hydrogens is 283 g/mol. The number of alkyl halides is 3. The number of likely N-dealkylation sites (N-methyl/N-ethyl adjacent to an activating group) is 1. The van der Waals surface area contributed by atoms with Crippen LogP contribution in [0.5, 0.6) is 0 Å². The molecule has 0 aromatic heterocycles. The minimum Gasteiger partial charge on any atom is -0.379 e. The van der Waals surface area contributed by atoms with Crippen molar-refractivity contribution >= 4 is 0 Å². The van der Waals surface area contributed by atoms with Crippen LogP contribution in [0.4, 0.5) is 13.2 Å². The molecule has 2 rings (SSSR count). The van der Waals surface area contributed by atoms with Gasteiger partial charge in [0.05, 0.1) is 19.8 Å². The summed E-state index contributed by atoms with van der Waals surface area (Å²) in [4.78, 5) is 1.32. The molecule has 1 aliphatic heterocycles. The molecule has 0 radical (unpaired) electrons. The number of morpholine rings is 1. The third-order valence-electron chi connectivity index (χ3n) is 4.39. The Morgan fingerprint density at radius 1 is 1.33 bits per heavy atom. The van der Waals surface area contributed by atoms with Crippen molar-refractivity contribution in [1.82, 2.24) is 15.5 Å². The molecule has 3 unspecified atom stereocenters. The number of nitrogens with one attached hydrogen (secondary N) is 2. The Hall–Kier alpha value is -0.370. The highest BCUT2D eigenvalue weighted by Crippen LogP contribution is 2.29. The third-order valence-corrected chi connectivity index (χ3v) is 4.39. The van der Waals surface area contributed by atoms with Gasteiger partial charge in [0.1, 0.15) is 0 Å². The maximum absolute atomic E-state index is 12.3. The number of halogens is 3. The minimum atomic E-state index is -4.12. The van der Waals surface area contributed by atoms with Gasteiger partial charge in [-0.15, -0.1) is 0 Å². The van der Waals surface area contributed by atoms with Crippen LogP contribution in [0.2, 0.25) is 0 Å². The second-order valence-electron chi connectivity index (χ2n) is 6.14. The molecule has 4 nitrogen and oxygen atoms in total. The quantitative estimate of drug-likeness (QED) is 0.774. The van der Waals surface area contributed by atoms with Gasteiger partial charge in [0.2, 0.25) is 0 Å². The zero-order chi connectivity index (χ0) is 15.3. The zero-order valence-corrected chi connectivity index (χ0v) is 12.6. The first-order valence-electron chi connectivity index (χ1n) is 7.75. The Kier molecular flexibility index (Phi) is 6.28. The number of rotatable bonds is 6. The van der Waals surface area contributed by atoms with Crippen molar-refractivity contribution in [3.05, 3.63) is 0 Å². The monoisotopic (exact) mass is 309 g/mol. The SMILES string of the molecule is CN(CCNC1CCCC1C1COCCN1)CC(F)(F)F. The van der Waals surface area contributed by atoms with Gasteiger partial charge in [-0.2, -0.15) is 13.2 Å². The van der Waals surface area contributed by atoms with Gasteiger partial charge in [-0.05, 0) is 25.8 Å². The minimum absolute atomic E-state index is 0.381. The molecule has 3 atom stereocenters. The van der Waals surface area contributed by atoms with Crippen LogP contribution < -0.4 is 10.6 Å².